The summed E-state index contributed by atoms with van der Waals surface area (Å²) in [7, 11) is 0. The van der Waals surface area contributed by atoms with E-state index in [1.54, 1.807) is 0 Å². The van der Waals surface area contributed by atoms with Gasteiger partial charge in [0.15, 0.2) is 0 Å². The molecule has 3 nitrogen and oxygen atoms in total. The third-order valence-electron chi connectivity index (χ3n) is 3.59. The summed E-state index contributed by atoms with van der Waals surface area (Å²) in [4.78, 5) is 13.2. The average molecular weight is 408 g/mol. The molecule has 0 aliphatic carbocycles. The Kier molecular flexibility index (Phi) is 10.2. The fraction of sp³-hybridized carbons (Fsp3) is 0.562. The smallest absolute Gasteiger partial charge is 0.237 e. The van der Waals surface area contributed by atoms with Gasteiger partial charge in [-0.1, -0.05) is 18.6 Å². The summed E-state index contributed by atoms with van der Waals surface area (Å²) in [5.41, 5.74) is 0. The molecule has 1 fully saturated rings. The second kappa shape index (κ2) is 11.3. The van der Waals surface area contributed by atoms with Crippen molar-refractivity contribution < 1.29 is 4.79 Å². The number of piperidine rings is 1. The number of carbonyl (C=O) groups excluding carboxylic acids is 1. The molecule has 2 rings (SSSR count). The lowest BCUT2D eigenvalue weighted by molar-refractivity contribution is -0.123. The van der Waals surface area contributed by atoms with Crippen LogP contribution in [-0.4, -0.2) is 30.8 Å². The topological polar surface area (TPSA) is 41.1 Å². The largest absolute Gasteiger partial charge is 0.355 e. The minimum absolute atomic E-state index is 0. The van der Waals surface area contributed by atoms with Crippen LogP contribution in [0.5, 0.6) is 0 Å². The fourth-order valence-corrected chi connectivity index (χ4v) is 3.96. The van der Waals surface area contributed by atoms with Crippen molar-refractivity contribution in [3.05, 3.63) is 28.7 Å². The number of rotatable bonds is 7. The van der Waals surface area contributed by atoms with Gasteiger partial charge in [0.2, 0.25) is 5.91 Å². The van der Waals surface area contributed by atoms with E-state index in [0.29, 0.717) is 0 Å². The molecule has 6 heteroatoms. The Hall–Kier alpha value is -0.230. The molecular formula is C16H24BrClN2OS. The molecule has 2 N–H and O–H groups in total. The highest BCUT2D eigenvalue weighted by molar-refractivity contribution is 9.10. The fourth-order valence-electron chi connectivity index (χ4n) is 2.38. The number of hydrogen-bond donors (Lipinski definition) is 2. The SMILES string of the molecule is Cl.O=C(NCCCCSc1ccccc1Br)C1CCCCN1. The van der Waals surface area contributed by atoms with E-state index in [0.717, 1.165) is 49.0 Å². The highest BCUT2D eigenvalue weighted by Crippen LogP contribution is 2.27. The van der Waals surface area contributed by atoms with Gasteiger partial charge in [-0.05, 0) is 66.0 Å². The van der Waals surface area contributed by atoms with Crippen LogP contribution >= 0.6 is 40.1 Å². The molecule has 1 amide bonds. The number of thioether (sulfide) groups is 1. The van der Waals surface area contributed by atoms with Crippen molar-refractivity contribution in [1.82, 2.24) is 10.6 Å². The van der Waals surface area contributed by atoms with Crippen molar-refractivity contribution in [2.45, 2.75) is 43.0 Å². The van der Waals surface area contributed by atoms with E-state index in [9.17, 15) is 4.79 Å². The molecule has 1 aromatic rings. The van der Waals surface area contributed by atoms with Crippen molar-refractivity contribution in [2.24, 2.45) is 0 Å². The van der Waals surface area contributed by atoms with Crippen molar-refractivity contribution in [3.8, 4) is 0 Å². The van der Waals surface area contributed by atoms with E-state index < -0.39 is 0 Å². The van der Waals surface area contributed by atoms with Gasteiger partial charge >= 0.3 is 0 Å². The summed E-state index contributed by atoms with van der Waals surface area (Å²) in [5, 5.41) is 6.32. The van der Waals surface area contributed by atoms with Gasteiger partial charge in [-0.25, -0.2) is 0 Å². The van der Waals surface area contributed by atoms with E-state index in [4.69, 9.17) is 0 Å². The maximum absolute atomic E-state index is 11.9. The van der Waals surface area contributed by atoms with Gasteiger partial charge < -0.3 is 10.6 Å². The first-order chi connectivity index (χ1) is 10.3. The average Bonchev–Trinajstić information content (AvgIpc) is 2.53. The minimum Gasteiger partial charge on any atom is -0.355 e. The predicted octanol–water partition coefficient (Wildman–Crippen LogP) is 4.00. The van der Waals surface area contributed by atoms with Gasteiger partial charge in [0.05, 0.1) is 6.04 Å². The van der Waals surface area contributed by atoms with E-state index in [1.807, 2.05) is 17.8 Å². The number of hydrogen-bond acceptors (Lipinski definition) is 3. The zero-order valence-electron chi connectivity index (χ0n) is 12.6. The highest BCUT2D eigenvalue weighted by Gasteiger charge is 2.19. The molecule has 0 spiro atoms. The summed E-state index contributed by atoms with van der Waals surface area (Å²) >= 11 is 5.42. The van der Waals surface area contributed by atoms with Crippen molar-refractivity contribution in [2.75, 3.05) is 18.8 Å². The number of carbonyl (C=O) groups is 1. The van der Waals surface area contributed by atoms with Crippen LogP contribution < -0.4 is 10.6 Å². The first-order valence-corrected chi connectivity index (χ1v) is 9.43. The number of halogens is 2. The number of benzene rings is 1. The lowest BCUT2D eigenvalue weighted by atomic mass is 10.0. The number of unbranched alkanes of at least 4 members (excludes halogenated alkanes) is 1. The monoisotopic (exact) mass is 406 g/mol. The predicted molar refractivity (Wildman–Crippen MR) is 100.0 cm³/mol. The van der Waals surface area contributed by atoms with Crippen LogP contribution in [0.15, 0.2) is 33.6 Å². The summed E-state index contributed by atoms with van der Waals surface area (Å²) < 4.78 is 1.16. The lowest BCUT2D eigenvalue weighted by Crippen LogP contribution is -2.46. The maximum Gasteiger partial charge on any atom is 0.237 e. The van der Waals surface area contributed by atoms with Crippen LogP contribution in [0.4, 0.5) is 0 Å². The van der Waals surface area contributed by atoms with Crippen LogP contribution in [-0.2, 0) is 4.79 Å². The van der Waals surface area contributed by atoms with Crippen LogP contribution in [0.1, 0.15) is 32.1 Å². The first kappa shape index (κ1) is 19.8. The third kappa shape index (κ3) is 6.90. The Morgan fingerprint density at radius 2 is 2.14 bits per heavy atom. The summed E-state index contributed by atoms with van der Waals surface area (Å²) in [6.45, 7) is 1.76. The van der Waals surface area contributed by atoms with Crippen LogP contribution in [0.25, 0.3) is 0 Å². The second-order valence-electron chi connectivity index (χ2n) is 5.28. The quantitative estimate of drug-likeness (QED) is 0.530. The molecule has 0 bridgehead atoms. The van der Waals surface area contributed by atoms with Gasteiger partial charge in [0.25, 0.3) is 0 Å². The maximum atomic E-state index is 11.9. The molecule has 0 aromatic heterocycles. The van der Waals surface area contributed by atoms with Gasteiger partial charge in [0, 0.05) is 15.9 Å². The molecule has 1 aliphatic heterocycles. The van der Waals surface area contributed by atoms with E-state index in [-0.39, 0.29) is 24.4 Å². The second-order valence-corrected chi connectivity index (χ2v) is 7.27. The number of nitrogens with one attached hydrogen (secondary N) is 2. The van der Waals surface area contributed by atoms with E-state index in [1.165, 1.54) is 11.3 Å². The molecule has 1 aromatic carbocycles. The van der Waals surface area contributed by atoms with Crippen molar-refractivity contribution in [3.63, 3.8) is 0 Å². The van der Waals surface area contributed by atoms with Crippen LogP contribution in [0.2, 0.25) is 0 Å². The van der Waals surface area contributed by atoms with Gasteiger partial charge in [-0.3, -0.25) is 4.79 Å². The molecule has 1 heterocycles. The molecule has 0 radical (unpaired) electrons. The highest BCUT2D eigenvalue weighted by atomic mass is 79.9. The summed E-state index contributed by atoms with van der Waals surface area (Å²) in [6, 6.07) is 8.33. The Bertz CT molecular complexity index is 456. The summed E-state index contributed by atoms with van der Waals surface area (Å²) in [5.74, 6) is 1.26. The molecule has 124 valence electrons. The Morgan fingerprint density at radius 3 is 2.86 bits per heavy atom. The normalized spacial score (nSPS) is 17.6. The zero-order valence-corrected chi connectivity index (χ0v) is 15.9. The first-order valence-electron chi connectivity index (χ1n) is 7.66. The van der Waals surface area contributed by atoms with Gasteiger partial charge in [-0.2, -0.15) is 0 Å². The summed E-state index contributed by atoms with van der Waals surface area (Å²) in [6.07, 6.45) is 5.48. The third-order valence-corrected chi connectivity index (χ3v) is 5.71. The van der Waals surface area contributed by atoms with E-state index >= 15 is 0 Å². The zero-order chi connectivity index (χ0) is 14.9. The molecule has 1 atom stereocenters. The number of amides is 1. The molecule has 1 saturated heterocycles. The van der Waals surface area contributed by atoms with Gasteiger partial charge in [0.1, 0.15) is 0 Å². The minimum atomic E-state index is 0. The molecule has 1 unspecified atom stereocenters. The molecule has 0 saturated carbocycles. The standard InChI is InChI=1S/C16H23BrN2OS.ClH/c17-13-7-1-2-9-15(13)21-12-6-5-11-19-16(20)14-8-3-4-10-18-14;/h1-2,7,9,14,18H,3-6,8,10-12H2,(H,19,20);1H. The van der Waals surface area contributed by atoms with Crippen molar-refractivity contribution >= 4 is 46.0 Å². The Balaban J connectivity index is 0.00000242. The van der Waals surface area contributed by atoms with Gasteiger partial charge in [-0.15, -0.1) is 24.2 Å². The lowest BCUT2D eigenvalue weighted by Gasteiger charge is -2.22. The Labute approximate surface area is 151 Å². The molecular weight excluding hydrogens is 384 g/mol. The Morgan fingerprint density at radius 1 is 1.32 bits per heavy atom. The molecule has 1 aliphatic rings. The molecule has 22 heavy (non-hydrogen) atoms. The van der Waals surface area contributed by atoms with Crippen molar-refractivity contribution in [1.29, 1.82) is 0 Å². The van der Waals surface area contributed by atoms with Crippen LogP contribution in [0.3, 0.4) is 0 Å². The van der Waals surface area contributed by atoms with Crippen LogP contribution in [0, 0.1) is 0 Å². The van der Waals surface area contributed by atoms with E-state index in [2.05, 4.69) is 44.8 Å².